The van der Waals surface area contributed by atoms with Crippen LogP contribution in [0.1, 0.15) is 53.2 Å². The van der Waals surface area contributed by atoms with Gasteiger partial charge in [-0.3, -0.25) is 19.2 Å². The standard InChI is InChI=1S/C43H49N9O5/c1-2-3-12-36(50-39(54)29-9-5-4-6-10-29)40(55)51-38(22-27-14-18-31(44)19-15-27)42(57)52-37(23-28-16-20-32(21-17-28)49-43(45)46)41(56)48-33(26-53)24-30-25-47-35-13-8-7-11-34(30)35/h4-11,13-21,25-26,33,36-38,47H,2-3,12,22-24,44H2,1H3,(H,48,56)(H,50,54)(H,51,55)(H,52,57)(H4,45,46,49)/t33-,36-,37-,38-/m0/s1. The van der Waals surface area contributed by atoms with Gasteiger partial charge >= 0.3 is 0 Å². The number of carbonyl (C=O) groups is 5. The van der Waals surface area contributed by atoms with Crippen LogP contribution in [0.4, 0.5) is 11.4 Å². The van der Waals surface area contributed by atoms with Gasteiger partial charge in [0.25, 0.3) is 5.91 Å². The Balaban J connectivity index is 1.40. The molecule has 4 amide bonds. The molecule has 0 bridgehead atoms. The van der Waals surface area contributed by atoms with Crippen molar-refractivity contribution in [3.63, 3.8) is 0 Å². The summed E-state index contributed by atoms with van der Waals surface area (Å²) in [6.45, 7) is 1.97. The first-order valence-corrected chi connectivity index (χ1v) is 18.8. The Morgan fingerprint density at radius 2 is 1.28 bits per heavy atom. The zero-order valence-corrected chi connectivity index (χ0v) is 31.7. The van der Waals surface area contributed by atoms with Gasteiger partial charge in [0, 0.05) is 47.6 Å². The molecule has 0 aliphatic heterocycles. The maximum Gasteiger partial charge on any atom is 0.251 e. The van der Waals surface area contributed by atoms with Crippen LogP contribution < -0.4 is 38.5 Å². The number of para-hydroxylation sites is 1. The lowest BCUT2D eigenvalue weighted by atomic mass is 10.0. The van der Waals surface area contributed by atoms with Gasteiger partial charge in [-0.15, -0.1) is 0 Å². The van der Waals surface area contributed by atoms with Crippen molar-refractivity contribution in [1.29, 1.82) is 0 Å². The molecule has 0 aliphatic carbocycles. The summed E-state index contributed by atoms with van der Waals surface area (Å²) in [4.78, 5) is 75.1. The van der Waals surface area contributed by atoms with Gasteiger partial charge < -0.3 is 48.2 Å². The molecule has 0 aliphatic rings. The van der Waals surface area contributed by atoms with Crippen LogP contribution >= 0.6 is 0 Å². The molecule has 14 heteroatoms. The molecule has 5 aromatic rings. The number of nitrogens with zero attached hydrogens (tertiary/aromatic N) is 1. The normalized spacial score (nSPS) is 13.0. The molecular weight excluding hydrogens is 723 g/mol. The van der Waals surface area contributed by atoms with Crippen molar-refractivity contribution in [1.82, 2.24) is 26.3 Å². The van der Waals surface area contributed by atoms with Crippen molar-refractivity contribution >= 4 is 58.2 Å². The average molecular weight is 772 g/mol. The molecule has 296 valence electrons. The highest BCUT2D eigenvalue weighted by atomic mass is 16.2. The monoisotopic (exact) mass is 771 g/mol. The van der Waals surface area contributed by atoms with Crippen molar-refractivity contribution in [2.24, 2.45) is 16.5 Å². The van der Waals surface area contributed by atoms with E-state index in [4.69, 9.17) is 17.2 Å². The number of hydrogen-bond acceptors (Lipinski definition) is 7. The number of hydrogen-bond donors (Lipinski definition) is 8. The van der Waals surface area contributed by atoms with E-state index >= 15 is 0 Å². The zero-order chi connectivity index (χ0) is 40.7. The van der Waals surface area contributed by atoms with Crippen LogP contribution in [0, 0.1) is 0 Å². The average Bonchev–Trinajstić information content (AvgIpc) is 3.62. The van der Waals surface area contributed by atoms with Crippen molar-refractivity contribution in [2.75, 3.05) is 5.73 Å². The Bertz CT molecular complexity index is 2160. The molecular formula is C43H49N9O5. The second kappa shape index (κ2) is 20.1. The van der Waals surface area contributed by atoms with Gasteiger partial charge in [-0.1, -0.05) is 80.4 Å². The number of rotatable bonds is 19. The number of aromatic amines is 1. The lowest BCUT2D eigenvalue weighted by molar-refractivity contribution is -0.133. The first kappa shape index (κ1) is 41.2. The summed E-state index contributed by atoms with van der Waals surface area (Å²) in [5, 5.41) is 12.3. The van der Waals surface area contributed by atoms with E-state index in [9.17, 15) is 24.0 Å². The molecule has 0 unspecified atom stereocenters. The van der Waals surface area contributed by atoms with Gasteiger partial charge in [-0.2, -0.15) is 0 Å². The zero-order valence-electron chi connectivity index (χ0n) is 31.7. The number of H-pyrrole nitrogens is 1. The molecule has 5 rings (SSSR count). The van der Waals surface area contributed by atoms with E-state index in [-0.39, 0.29) is 25.2 Å². The lowest BCUT2D eigenvalue weighted by Crippen LogP contribution is -2.58. The summed E-state index contributed by atoms with van der Waals surface area (Å²) in [7, 11) is 0. The molecule has 57 heavy (non-hydrogen) atoms. The maximum absolute atomic E-state index is 14.3. The quantitative estimate of drug-likeness (QED) is 0.0268. The van der Waals surface area contributed by atoms with E-state index in [1.807, 2.05) is 31.2 Å². The van der Waals surface area contributed by atoms with Gasteiger partial charge in [0.2, 0.25) is 17.7 Å². The first-order chi connectivity index (χ1) is 27.5. The lowest BCUT2D eigenvalue weighted by Gasteiger charge is -2.26. The number of carbonyl (C=O) groups excluding carboxylic acids is 5. The van der Waals surface area contributed by atoms with Gasteiger partial charge in [0.15, 0.2) is 5.96 Å². The molecule has 0 fully saturated rings. The largest absolute Gasteiger partial charge is 0.399 e. The predicted octanol–water partition coefficient (Wildman–Crippen LogP) is 3.33. The molecule has 1 heterocycles. The van der Waals surface area contributed by atoms with Gasteiger partial charge in [-0.25, -0.2) is 4.99 Å². The first-order valence-electron chi connectivity index (χ1n) is 18.8. The molecule has 0 radical (unpaired) electrons. The van der Waals surface area contributed by atoms with Crippen LogP contribution in [-0.2, 0) is 38.4 Å². The molecule has 0 saturated carbocycles. The third-order valence-corrected chi connectivity index (χ3v) is 9.43. The van der Waals surface area contributed by atoms with Gasteiger partial charge in [0.1, 0.15) is 24.4 Å². The molecule has 1 aromatic heterocycles. The Morgan fingerprint density at radius 3 is 1.89 bits per heavy atom. The topological polar surface area (TPSA) is 240 Å². The minimum absolute atomic E-state index is 0.0210. The van der Waals surface area contributed by atoms with Crippen LogP contribution in [0.2, 0.25) is 0 Å². The molecule has 14 nitrogen and oxygen atoms in total. The fraction of sp³-hybridized carbons (Fsp3) is 0.256. The van der Waals surface area contributed by atoms with E-state index in [0.29, 0.717) is 47.2 Å². The molecule has 4 aromatic carbocycles. The summed E-state index contributed by atoms with van der Waals surface area (Å²) in [6, 6.07) is 25.6. The highest BCUT2D eigenvalue weighted by Crippen LogP contribution is 2.20. The van der Waals surface area contributed by atoms with Crippen molar-refractivity contribution < 1.29 is 24.0 Å². The number of nitrogens with two attached hydrogens (primary N) is 3. The van der Waals surface area contributed by atoms with Crippen LogP contribution in [0.5, 0.6) is 0 Å². The van der Waals surface area contributed by atoms with Crippen LogP contribution in [0.15, 0.2) is 114 Å². The summed E-state index contributed by atoms with van der Waals surface area (Å²) >= 11 is 0. The fourth-order valence-corrected chi connectivity index (χ4v) is 6.41. The van der Waals surface area contributed by atoms with E-state index in [2.05, 4.69) is 31.2 Å². The van der Waals surface area contributed by atoms with E-state index in [1.165, 1.54) is 0 Å². The number of nitrogens with one attached hydrogen (secondary N) is 5. The number of unbranched alkanes of at least 4 members (excludes halogenated alkanes) is 1. The van der Waals surface area contributed by atoms with Crippen LogP contribution in [-0.4, -0.2) is 65.0 Å². The third-order valence-electron chi connectivity index (χ3n) is 9.43. The second-order valence-electron chi connectivity index (χ2n) is 13.8. The summed E-state index contributed by atoms with van der Waals surface area (Å²) in [5.74, 6) is -2.36. The number of benzene rings is 4. The number of aldehydes is 1. The second-order valence-corrected chi connectivity index (χ2v) is 13.8. The maximum atomic E-state index is 14.3. The van der Waals surface area contributed by atoms with Crippen molar-refractivity contribution in [3.05, 3.63) is 132 Å². The molecule has 0 saturated heterocycles. The fourth-order valence-electron chi connectivity index (χ4n) is 6.41. The Morgan fingerprint density at radius 1 is 0.702 bits per heavy atom. The van der Waals surface area contributed by atoms with E-state index in [0.717, 1.165) is 22.9 Å². The smallest absolute Gasteiger partial charge is 0.251 e. The number of guanidine groups is 1. The summed E-state index contributed by atoms with van der Waals surface area (Å²) in [6.07, 6.45) is 4.47. The number of nitrogen functional groups attached to an aromatic ring is 1. The molecule has 0 spiro atoms. The Kier molecular flexibility index (Phi) is 14.5. The highest BCUT2D eigenvalue weighted by molar-refractivity contribution is 5.99. The van der Waals surface area contributed by atoms with Crippen molar-refractivity contribution in [3.8, 4) is 0 Å². The third kappa shape index (κ3) is 12.0. The van der Waals surface area contributed by atoms with Crippen LogP contribution in [0.25, 0.3) is 10.9 Å². The van der Waals surface area contributed by atoms with Crippen LogP contribution in [0.3, 0.4) is 0 Å². The minimum atomic E-state index is -1.18. The van der Waals surface area contributed by atoms with Crippen molar-refractivity contribution in [2.45, 2.75) is 69.6 Å². The number of fused-ring (bicyclic) bond motifs is 1. The van der Waals surface area contributed by atoms with E-state index < -0.39 is 47.8 Å². The SMILES string of the molecule is CCCC[C@H](NC(=O)c1ccccc1)C(=O)N[C@@H](Cc1ccc(N)cc1)C(=O)N[C@@H](Cc1ccc(N=C(N)N)cc1)C(=O)N[C@H](C=O)Cc1c[nH]c2ccccc12. The highest BCUT2D eigenvalue weighted by Gasteiger charge is 2.31. The molecule has 4 atom stereocenters. The predicted molar refractivity (Wildman–Crippen MR) is 221 cm³/mol. The Hall–Kier alpha value is -6.96. The Labute approximate surface area is 331 Å². The number of aromatic nitrogens is 1. The van der Waals surface area contributed by atoms with Gasteiger partial charge in [0.05, 0.1) is 11.7 Å². The summed E-state index contributed by atoms with van der Waals surface area (Å²) in [5.41, 5.74) is 21.5. The minimum Gasteiger partial charge on any atom is -0.399 e. The molecule has 11 N–H and O–H groups in total. The van der Waals surface area contributed by atoms with E-state index in [1.54, 1.807) is 85.1 Å². The summed E-state index contributed by atoms with van der Waals surface area (Å²) < 4.78 is 0. The van der Waals surface area contributed by atoms with Gasteiger partial charge in [-0.05, 0) is 65.6 Å². The number of amides is 4. The number of anilines is 1. The number of aliphatic imine (C=N–C) groups is 1.